The summed E-state index contributed by atoms with van der Waals surface area (Å²) in [4.78, 5) is 12.3. The van der Waals surface area contributed by atoms with Crippen LogP contribution in [0.4, 0.5) is 0 Å². The summed E-state index contributed by atoms with van der Waals surface area (Å²) < 4.78 is 6.22. The second-order valence-corrected chi connectivity index (χ2v) is 6.08. The fourth-order valence-corrected chi connectivity index (χ4v) is 3.93. The molecule has 0 radical (unpaired) electrons. The lowest BCUT2D eigenvalue weighted by Crippen LogP contribution is -2.36. The average molecular weight is 254 g/mol. The van der Waals surface area contributed by atoms with Crippen LogP contribution in [0.5, 0.6) is 0 Å². The Kier molecular flexibility index (Phi) is 2.43. The fraction of sp³-hybridized carbons (Fsp3) is 0.471. The van der Waals surface area contributed by atoms with Crippen LogP contribution < -0.4 is 0 Å². The minimum absolute atomic E-state index is 0.0609. The van der Waals surface area contributed by atoms with Crippen molar-refractivity contribution in [3.8, 4) is 0 Å². The van der Waals surface area contributed by atoms with Gasteiger partial charge < -0.3 is 4.74 Å². The van der Waals surface area contributed by atoms with E-state index in [1.54, 1.807) is 0 Å². The lowest BCUT2D eigenvalue weighted by molar-refractivity contribution is -0.0305. The Bertz CT molecular complexity index is 577. The van der Waals surface area contributed by atoms with E-state index >= 15 is 0 Å². The summed E-state index contributed by atoms with van der Waals surface area (Å²) in [6.45, 7) is 0.694. The normalized spacial score (nSPS) is 24.5. The predicted molar refractivity (Wildman–Crippen MR) is 74.1 cm³/mol. The van der Waals surface area contributed by atoms with E-state index in [4.69, 9.17) is 4.74 Å². The van der Waals surface area contributed by atoms with Crippen LogP contribution in [-0.4, -0.2) is 18.0 Å². The van der Waals surface area contributed by atoms with Gasteiger partial charge in [-0.3, -0.25) is 4.79 Å². The van der Waals surface area contributed by atoms with Gasteiger partial charge in [0.1, 0.15) is 0 Å². The molecule has 1 aromatic carbocycles. The third-order valence-electron chi connectivity index (χ3n) is 4.93. The molecule has 1 saturated carbocycles. The summed E-state index contributed by atoms with van der Waals surface area (Å²) in [6, 6.07) is 7.98. The maximum absolute atomic E-state index is 12.3. The number of Topliss-reactive ketones (excluding diaryl/α,β-unsaturated/α-hetero) is 1. The second-order valence-electron chi connectivity index (χ2n) is 6.08. The largest absolute Gasteiger partial charge is 0.370 e. The van der Waals surface area contributed by atoms with Crippen molar-refractivity contribution in [3.05, 3.63) is 41.0 Å². The van der Waals surface area contributed by atoms with E-state index < -0.39 is 0 Å². The summed E-state index contributed by atoms with van der Waals surface area (Å²) in [7, 11) is 0. The molecule has 0 bridgehead atoms. The number of carbonyl (C=O) groups is 1. The fourth-order valence-electron chi connectivity index (χ4n) is 3.93. The van der Waals surface area contributed by atoms with Gasteiger partial charge in [0, 0.05) is 12.0 Å². The van der Waals surface area contributed by atoms with Gasteiger partial charge in [-0.05, 0) is 30.4 Å². The molecule has 0 atom stereocenters. The first-order chi connectivity index (χ1) is 9.27. The summed E-state index contributed by atoms with van der Waals surface area (Å²) in [5.41, 5.74) is 4.68. The highest BCUT2D eigenvalue weighted by Crippen LogP contribution is 2.46. The highest BCUT2D eigenvalue weighted by Gasteiger charge is 2.41. The molecule has 0 unspecified atom stereocenters. The van der Waals surface area contributed by atoms with Crippen LogP contribution in [0.15, 0.2) is 29.8 Å². The van der Waals surface area contributed by atoms with Crippen LogP contribution in [-0.2, 0) is 4.74 Å². The maximum Gasteiger partial charge on any atom is 0.167 e. The number of benzene rings is 1. The van der Waals surface area contributed by atoms with E-state index in [-0.39, 0.29) is 11.4 Å². The molecule has 0 amide bonds. The van der Waals surface area contributed by atoms with E-state index in [9.17, 15) is 4.79 Å². The van der Waals surface area contributed by atoms with E-state index in [0.717, 1.165) is 17.5 Å². The van der Waals surface area contributed by atoms with Crippen molar-refractivity contribution < 1.29 is 9.53 Å². The summed E-state index contributed by atoms with van der Waals surface area (Å²) in [5, 5.41) is 0. The van der Waals surface area contributed by atoms with Gasteiger partial charge in [0.15, 0.2) is 5.78 Å². The molecule has 0 N–H and O–H groups in total. The first-order valence-electron chi connectivity index (χ1n) is 7.25. The number of fused-ring (bicyclic) bond motifs is 2. The van der Waals surface area contributed by atoms with Crippen LogP contribution >= 0.6 is 0 Å². The zero-order valence-corrected chi connectivity index (χ0v) is 11.1. The van der Waals surface area contributed by atoms with Crippen LogP contribution in [0.1, 0.15) is 54.4 Å². The smallest absolute Gasteiger partial charge is 0.167 e. The van der Waals surface area contributed by atoms with Crippen LogP contribution in [0, 0.1) is 0 Å². The van der Waals surface area contributed by atoms with E-state index in [1.165, 1.54) is 36.8 Å². The number of hydrogen-bond acceptors (Lipinski definition) is 2. The molecule has 1 aliphatic heterocycles. The summed E-state index contributed by atoms with van der Waals surface area (Å²) >= 11 is 0. The van der Waals surface area contributed by atoms with Gasteiger partial charge in [0.25, 0.3) is 0 Å². The third-order valence-corrected chi connectivity index (χ3v) is 4.93. The molecule has 4 rings (SSSR count). The number of ether oxygens (including phenoxy) is 1. The van der Waals surface area contributed by atoms with Crippen molar-refractivity contribution in [2.45, 2.75) is 44.1 Å². The van der Waals surface area contributed by atoms with Crippen molar-refractivity contribution in [3.63, 3.8) is 0 Å². The Hall–Kier alpha value is -1.41. The number of rotatable bonds is 0. The Balaban J connectivity index is 1.78. The molecule has 2 nitrogen and oxygen atoms in total. The molecule has 98 valence electrons. The van der Waals surface area contributed by atoms with E-state index in [2.05, 4.69) is 6.07 Å². The number of hydrogen-bond donors (Lipinski definition) is 0. The molecule has 1 aromatic rings. The molecule has 1 heterocycles. The van der Waals surface area contributed by atoms with Crippen molar-refractivity contribution in [2.24, 2.45) is 0 Å². The molecule has 0 aromatic heterocycles. The Morgan fingerprint density at radius 1 is 1.05 bits per heavy atom. The van der Waals surface area contributed by atoms with E-state index in [1.807, 2.05) is 18.2 Å². The monoisotopic (exact) mass is 254 g/mol. The van der Waals surface area contributed by atoms with Gasteiger partial charge >= 0.3 is 0 Å². The van der Waals surface area contributed by atoms with Crippen molar-refractivity contribution in [2.75, 3.05) is 6.61 Å². The second kappa shape index (κ2) is 4.04. The zero-order valence-electron chi connectivity index (χ0n) is 11.1. The first kappa shape index (κ1) is 11.4. The van der Waals surface area contributed by atoms with Gasteiger partial charge in [-0.2, -0.15) is 0 Å². The minimum Gasteiger partial charge on any atom is -0.370 e. The molecule has 3 aliphatic rings. The topological polar surface area (TPSA) is 26.3 Å². The molecule has 1 fully saturated rings. The van der Waals surface area contributed by atoms with Crippen LogP contribution in [0.3, 0.4) is 0 Å². The quantitative estimate of drug-likeness (QED) is 0.704. The highest BCUT2D eigenvalue weighted by molar-refractivity contribution is 6.06. The van der Waals surface area contributed by atoms with Crippen LogP contribution in [0.25, 0.3) is 5.57 Å². The molecule has 0 saturated heterocycles. The summed E-state index contributed by atoms with van der Waals surface area (Å²) in [5.74, 6) is 0.282. The minimum atomic E-state index is 0.0609. The van der Waals surface area contributed by atoms with Gasteiger partial charge in [-0.25, -0.2) is 0 Å². The molecule has 2 heteroatoms. The Morgan fingerprint density at radius 2 is 1.79 bits per heavy atom. The summed E-state index contributed by atoms with van der Waals surface area (Å²) in [6.07, 6.45) is 6.46. The SMILES string of the molecule is O=C1CC2=C(COC3(CCCC3)C2)c2ccccc21. The molecule has 19 heavy (non-hydrogen) atoms. The van der Waals surface area contributed by atoms with Crippen molar-refractivity contribution in [1.29, 1.82) is 0 Å². The molecular formula is C17H18O2. The number of ketones is 1. The van der Waals surface area contributed by atoms with Gasteiger partial charge in [-0.1, -0.05) is 42.7 Å². The molecule has 2 aliphatic carbocycles. The maximum atomic E-state index is 12.3. The van der Waals surface area contributed by atoms with Gasteiger partial charge in [0.2, 0.25) is 0 Å². The highest BCUT2D eigenvalue weighted by atomic mass is 16.5. The standard InChI is InChI=1S/C17H18O2/c18-16-9-12-10-17(7-3-4-8-17)19-11-15(12)13-5-1-2-6-14(13)16/h1-2,5-6H,3-4,7-11H2. The van der Waals surface area contributed by atoms with Crippen molar-refractivity contribution >= 4 is 11.4 Å². The zero-order chi connectivity index (χ0) is 12.9. The Morgan fingerprint density at radius 3 is 2.58 bits per heavy atom. The third kappa shape index (κ3) is 1.70. The van der Waals surface area contributed by atoms with E-state index in [0.29, 0.717) is 13.0 Å². The van der Waals surface area contributed by atoms with Crippen molar-refractivity contribution in [1.82, 2.24) is 0 Å². The van der Waals surface area contributed by atoms with Gasteiger partial charge in [-0.15, -0.1) is 0 Å². The number of carbonyl (C=O) groups excluding carboxylic acids is 1. The van der Waals surface area contributed by atoms with Crippen LogP contribution in [0.2, 0.25) is 0 Å². The van der Waals surface area contributed by atoms with Gasteiger partial charge in [0.05, 0.1) is 12.2 Å². The molecule has 1 spiro atoms. The lowest BCUT2D eigenvalue weighted by Gasteiger charge is -2.38. The molecular weight excluding hydrogens is 236 g/mol. The predicted octanol–water partition coefficient (Wildman–Crippen LogP) is 3.76. The average Bonchev–Trinajstić information content (AvgIpc) is 2.87. The Labute approximate surface area is 113 Å². The first-order valence-corrected chi connectivity index (χ1v) is 7.25. The lowest BCUT2D eigenvalue weighted by atomic mass is 9.78.